The lowest BCUT2D eigenvalue weighted by atomic mass is 9.13. The first-order valence-electron chi connectivity index (χ1n) is 13.4. The molecule has 0 aromatic carbocycles. The van der Waals surface area contributed by atoms with Crippen LogP contribution in [0.25, 0.3) is 0 Å². The Morgan fingerprint density at radius 3 is 2.14 bits per heavy atom. The van der Waals surface area contributed by atoms with E-state index in [2.05, 4.69) is 62.3 Å². The van der Waals surface area contributed by atoms with Gasteiger partial charge in [-0.2, -0.15) is 0 Å². The maximum Gasteiger partial charge on any atom is -0.0181 e. The number of fused-ring (bicyclic) bond motifs is 3. The molecule has 5 saturated carbocycles. The molecule has 0 heteroatoms. The zero-order chi connectivity index (χ0) is 21.2. The zero-order valence-corrected chi connectivity index (χ0v) is 21.2. The van der Waals surface area contributed by atoms with Crippen LogP contribution in [0.4, 0.5) is 0 Å². The van der Waals surface area contributed by atoms with Crippen molar-refractivity contribution in [3.8, 4) is 0 Å². The lowest BCUT2D eigenvalue weighted by Crippen LogP contribution is -2.85. The molecule has 12 atom stereocenters. The van der Waals surface area contributed by atoms with Crippen molar-refractivity contribution in [2.45, 2.75) is 114 Å². The van der Waals surface area contributed by atoms with Gasteiger partial charge in [0.2, 0.25) is 0 Å². The first-order chi connectivity index (χ1) is 13.4. The van der Waals surface area contributed by atoms with E-state index in [0.29, 0.717) is 27.1 Å². The van der Waals surface area contributed by atoms with Crippen LogP contribution >= 0.6 is 0 Å². The molecule has 5 aliphatic rings. The van der Waals surface area contributed by atoms with Crippen molar-refractivity contribution in [3.63, 3.8) is 0 Å². The molecule has 0 aliphatic heterocycles. The highest BCUT2D eigenvalue weighted by molar-refractivity contribution is 5.35. The predicted molar refractivity (Wildman–Crippen MR) is 125 cm³/mol. The van der Waals surface area contributed by atoms with Gasteiger partial charge in [-0.05, 0) is 107 Å². The van der Waals surface area contributed by atoms with Crippen molar-refractivity contribution < 1.29 is 0 Å². The maximum absolute atomic E-state index is 2.79. The lowest BCUT2D eigenvalue weighted by molar-refractivity contribution is -0.434. The summed E-state index contributed by atoms with van der Waals surface area (Å²) in [5, 5.41) is 0. The minimum Gasteiger partial charge on any atom is -0.0654 e. The molecule has 5 fully saturated rings. The quantitative estimate of drug-likeness (QED) is 0.446. The van der Waals surface area contributed by atoms with Crippen molar-refractivity contribution >= 4 is 0 Å². The molecule has 166 valence electrons. The molecule has 12 unspecified atom stereocenters. The Bertz CT molecular complexity index is 694. The minimum atomic E-state index is 0.574. The molecule has 0 N–H and O–H groups in total. The smallest absolute Gasteiger partial charge is 0.0181 e. The van der Waals surface area contributed by atoms with E-state index < -0.39 is 0 Å². The van der Waals surface area contributed by atoms with Gasteiger partial charge in [-0.15, -0.1) is 0 Å². The number of hydrogen-bond acceptors (Lipinski definition) is 0. The second-order valence-corrected chi connectivity index (χ2v) is 14.5. The van der Waals surface area contributed by atoms with Gasteiger partial charge in [-0.1, -0.05) is 75.2 Å². The Morgan fingerprint density at radius 1 is 0.862 bits per heavy atom. The van der Waals surface area contributed by atoms with E-state index in [1.807, 2.05) is 0 Å². The molecule has 5 rings (SSSR count). The summed E-state index contributed by atoms with van der Waals surface area (Å²) in [6.07, 6.45) is 12.0. The Morgan fingerprint density at radius 2 is 1.52 bits per heavy atom. The summed E-state index contributed by atoms with van der Waals surface area (Å²) in [5.74, 6) is 6.55. The van der Waals surface area contributed by atoms with Crippen LogP contribution in [0.2, 0.25) is 0 Å². The largest absolute Gasteiger partial charge is 0.0654 e. The topological polar surface area (TPSA) is 0 Å². The minimum absolute atomic E-state index is 0.574. The van der Waals surface area contributed by atoms with Crippen molar-refractivity contribution in [1.29, 1.82) is 0 Å². The number of hydrogen-bond donors (Lipinski definition) is 0. The van der Waals surface area contributed by atoms with Crippen molar-refractivity contribution in [3.05, 3.63) is 0 Å². The first kappa shape index (κ1) is 20.9. The Balaban J connectivity index is 1.68. The molecular weight excluding hydrogens is 348 g/mol. The molecule has 0 heterocycles. The third-order valence-corrected chi connectivity index (χ3v) is 13.6. The van der Waals surface area contributed by atoms with E-state index in [-0.39, 0.29) is 0 Å². The molecule has 0 saturated heterocycles. The maximum atomic E-state index is 2.79. The fraction of sp³-hybridized carbons (Fsp3) is 1.00. The molecule has 1 spiro atoms. The molecular formula is C29H50. The second-order valence-electron chi connectivity index (χ2n) is 14.5. The highest BCUT2D eigenvalue weighted by Crippen LogP contribution is 2.93. The highest BCUT2D eigenvalue weighted by atomic mass is 14.9. The van der Waals surface area contributed by atoms with Gasteiger partial charge in [0, 0.05) is 0 Å². The second kappa shape index (κ2) is 5.86. The summed E-state index contributed by atoms with van der Waals surface area (Å²) in [6.45, 7) is 24.1. The third-order valence-electron chi connectivity index (χ3n) is 13.6. The average molecular weight is 399 g/mol. The SMILES string of the molecule is CCCC(C)C1CC(C)C2(C)CC3CC(C)(C2)C2C4(C1)CC(C)C4(C)C2(C)C3C. The van der Waals surface area contributed by atoms with Crippen LogP contribution in [0.1, 0.15) is 114 Å². The summed E-state index contributed by atoms with van der Waals surface area (Å²) in [4.78, 5) is 0. The van der Waals surface area contributed by atoms with Crippen LogP contribution in [0.5, 0.6) is 0 Å². The van der Waals surface area contributed by atoms with E-state index in [9.17, 15) is 0 Å². The van der Waals surface area contributed by atoms with Crippen LogP contribution in [-0.4, -0.2) is 0 Å². The van der Waals surface area contributed by atoms with Gasteiger partial charge < -0.3 is 0 Å². The lowest BCUT2D eigenvalue weighted by Gasteiger charge is -2.91. The summed E-state index contributed by atoms with van der Waals surface area (Å²) < 4.78 is 0. The van der Waals surface area contributed by atoms with Crippen molar-refractivity contribution in [1.82, 2.24) is 0 Å². The zero-order valence-electron chi connectivity index (χ0n) is 21.2. The van der Waals surface area contributed by atoms with Gasteiger partial charge in [0.1, 0.15) is 0 Å². The van der Waals surface area contributed by atoms with Gasteiger partial charge in [0.25, 0.3) is 0 Å². The van der Waals surface area contributed by atoms with Crippen molar-refractivity contribution in [2.75, 3.05) is 0 Å². The molecule has 3 bridgehead atoms. The molecule has 5 aliphatic carbocycles. The summed E-state index contributed by atoms with van der Waals surface area (Å²) >= 11 is 0. The molecule has 0 amide bonds. The van der Waals surface area contributed by atoms with Crippen LogP contribution in [-0.2, 0) is 0 Å². The van der Waals surface area contributed by atoms with Gasteiger partial charge >= 0.3 is 0 Å². The first-order valence-corrected chi connectivity index (χ1v) is 13.4. The highest BCUT2D eigenvalue weighted by Gasteiger charge is 2.87. The monoisotopic (exact) mass is 398 g/mol. The summed E-state index contributed by atoms with van der Waals surface area (Å²) in [5.41, 5.74) is 3.00. The van der Waals surface area contributed by atoms with E-state index >= 15 is 0 Å². The van der Waals surface area contributed by atoms with Crippen LogP contribution in [0.15, 0.2) is 0 Å². The predicted octanol–water partition coefficient (Wildman–Crippen LogP) is 8.60. The summed E-state index contributed by atoms with van der Waals surface area (Å²) in [6, 6.07) is 0. The standard InChI is InChI=1S/C29H50/c1-10-11-18(2)22-12-19(3)25(6)14-23-15-26(7,17-25)24-27(8,21(23)5)28(9)20(4)13-29(24,28)16-22/h18-24H,10-17H2,1-9H3. The fourth-order valence-electron chi connectivity index (χ4n) is 12.3. The molecule has 0 aromatic rings. The van der Waals surface area contributed by atoms with E-state index in [1.165, 1.54) is 44.9 Å². The van der Waals surface area contributed by atoms with Crippen LogP contribution in [0, 0.1) is 68.5 Å². The molecule has 0 nitrogen and oxygen atoms in total. The van der Waals surface area contributed by atoms with Gasteiger partial charge in [-0.25, -0.2) is 0 Å². The molecule has 0 radical (unpaired) electrons. The van der Waals surface area contributed by atoms with Crippen LogP contribution < -0.4 is 0 Å². The Hall–Kier alpha value is 0. The van der Waals surface area contributed by atoms with Crippen LogP contribution in [0.3, 0.4) is 0 Å². The Kier molecular flexibility index (Phi) is 4.22. The van der Waals surface area contributed by atoms with E-state index in [0.717, 1.165) is 41.4 Å². The molecule has 29 heavy (non-hydrogen) atoms. The summed E-state index contributed by atoms with van der Waals surface area (Å²) in [7, 11) is 0. The normalized spacial score (nSPS) is 64.0. The van der Waals surface area contributed by atoms with E-state index in [1.54, 1.807) is 6.42 Å². The number of rotatable bonds is 3. The van der Waals surface area contributed by atoms with Gasteiger partial charge in [0.15, 0.2) is 0 Å². The fourth-order valence-corrected chi connectivity index (χ4v) is 12.3. The average Bonchev–Trinajstić information content (AvgIpc) is 2.64. The molecule has 0 aromatic heterocycles. The van der Waals surface area contributed by atoms with Crippen molar-refractivity contribution in [2.24, 2.45) is 68.5 Å². The van der Waals surface area contributed by atoms with Gasteiger partial charge in [-0.3, -0.25) is 0 Å². The Labute approximate surface area is 182 Å². The third kappa shape index (κ3) is 2.10. The van der Waals surface area contributed by atoms with E-state index in [4.69, 9.17) is 0 Å². The van der Waals surface area contributed by atoms with Gasteiger partial charge in [0.05, 0.1) is 0 Å².